The van der Waals surface area contributed by atoms with Crippen LogP contribution in [0.15, 0.2) is 0 Å². The molecule has 3 unspecified atom stereocenters. The van der Waals surface area contributed by atoms with Crippen molar-refractivity contribution in [1.82, 2.24) is 0 Å². The minimum atomic E-state index is -3.10. The predicted octanol–water partition coefficient (Wildman–Crippen LogP) is 1.62. The largest absolute Gasteiger partial charge is 0.584 e. The molecular formula is C11H22O7Si. The summed E-state index contributed by atoms with van der Waals surface area (Å²) in [6, 6.07) is 0.574. The van der Waals surface area contributed by atoms with E-state index in [1.54, 1.807) is 0 Å². The zero-order valence-corrected chi connectivity index (χ0v) is 12.6. The zero-order valence-electron chi connectivity index (χ0n) is 11.6. The molecule has 0 radical (unpaired) electrons. The van der Waals surface area contributed by atoms with Gasteiger partial charge in [-0.3, -0.25) is 0 Å². The molecule has 0 N–H and O–H groups in total. The second-order valence-corrected chi connectivity index (χ2v) is 7.23. The van der Waals surface area contributed by atoms with Gasteiger partial charge in [0, 0.05) is 6.04 Å². The predicted molar refractivity (Wildman–Crippen MR) is 65.5 cm³/mol. The summed E-state index contributed by atoms with van der Waals surface area (Å²) >= 11 is 0. The smallest absolute Gasteiger partial charge is 0.370 e. The Hall–Kier alpha value is -0.0631. The first-order valence-corrected chi connectivity index (χ1v) is 8.47. The van der Waals surface area contributed by atoms with Crippen molar-refractivity contribution in [1.29, 1.82) is 0 Å². The standard InChI is InChI=1S/C11H22O7Si/c1-12-16-19(17-13-2,18-14-3)7-6-9-4-5-10-11(8-9)15-10/h9-11H,4-8H2,1-3H3. The fourth-order valence-electron chi connectivity index (χ4n) is 2.68. The topological polar surface area (TPSA) is 67.9 Å². The second kappa shape index (κ2) is 7.09. The maximum Gasteiger partial charge on any atom is 0.584 e. The molecule has 19 heavy (non-hydrogen) atoms. The van der Waals surface area contributed by atoms with Crippen molar-refractivity contribution in [3.8, 4) is 0 Å². The van der Waals surface area contributed by atoms with Crippen LogP contribution in [-0.4, -0.2) is 42.3 Å². The molecule has 1 saturated heterocycles. The van der Waals surface area contributed by atoms with Gasteiger partial charge in [0.1, 0.15) is 0 Å². The molecule has 0 aromatic carbocycles. The van der Waals surface area contributed by atoms with Crippen LogP contribution in [0.5, 0.6) is 0 Å². The third-order valence-corrected chi connectivity index (χ3v) is 5.77. The first kappa shape index (κ1) is 15.3. The van der Waals surface area contributed by atoms with E-state index in [4.69, 9.17) is 33.1 Å². The van der Waals surface area contributed by atoms with Crippen molar-refractivity contribution < 1.29 is 33.1 Å². The van der Waals surface area contributed by atoms with Gasteiger partial charge >= 0.3 is 8.80 Å². The van der Waals surface area contributed by atoms with Crippen LogP contribution >= 0.6 is 0 Å². The van der Waals surface area contributed by atoms with E-state index in [0.29, 0.717) is 24.2 Å². The number of hydrogen-bond donors (Lipinski definition) is 0. The van der Waals surface area contributed by atoms with Gasteiger partial charge < -0.3 is 4.74 Å². The Kier molecular flexibility index (Phi) is 5.72. The summed E-state index contributed by atoms with van der Waals surface area (Å²) in [6.07, 6.45) is 5.30. The number of epoxide rings is 1. The van der Waals surface area contributed by atoms with Crippen molar-refractivity contribution in [3.05, 3.63) is 0 Å². The summed E-state index contributed by atoms with van der Waals surface area (Å²) in [7, 11) is 1.12. The van der Waals surface area contributed by atoms with Crippen molar-refractivity contribution in [2.75, 3.05) is 21.3 Å². The lowest BCUT2D eigenvalue weighted by Gasteiger charge is -2.26. The Morgan fingerprint density at radius 3 is 2.11 bits per heavy atom. The lowest BCUT2D eigenvalue weighted by molar-refractivity contribution is -0.343. The van der Waals surface area contributed by atoms with Crippen molar-refractivity contribution in [2.24, 2.45) is 5.92 Å². The van der Waals surface area contributed by atoms with Gasteiger partial charge in [-0.2, -0.15) is 0 Å². The maximum atomic E-state index is 5.53. The average Bonchev–Trinajstić information content (AvgIpc) is 3.16. The monoisotopic (exact) mass is 294 g/mol. The van der Waals surface area contributed by atoms with Gasteiger partial charge in [-0.1, -0.05) is 0 Å². The Labute approximate surface area is 114 Å². The van der Waals surface area contributed by atoms with E-state index in [9.17, 15) is 0 Å². The molecule has 1 aliphatic heterocycles. The molecule has 2 aliphatic rings. The highest BCUT2D eigenvalue weighted by molar-refractivity contribution is 6.59. The Morgan fingerprint density at radius 1 is 0.947 bits per heavy atom. The molecule has 3 atom stereocenters. The molecule has 2 fully saturated rings. The molecule has 0 bridgehead atoms. The van der Waals surface area contributed by atoms with E-state index in [0.717, 1.165) is 19.3 Å². The molecule has 8 heteroatoms. The Bertz CT molecular complexity index is 261. The van der Waals surface area contributed by atoms with Crippen LogP contribution in [0, 0.1) is 5.92 Å². The minimum absolute atomic E-state index is 0.463. The molecule has 7 nitrogen and oxygen atoms in total. The van der Waals surface area contributed by atoms with Gasteiger partial charge in [-0.05, 0) is 31.6 Å². The number of fused-ring (bicyclic) bond motifs is 1. The van der Waals surface area contributed by atoms with Crippen molar-refractivity contribution in [3.63, 3.8) is 0 Å². The van der Waals surface area contributed by atoms with E-state index in [-0.39, 0.29) is 0 Å². The first-order chi connectivity index (χ1) is 9.23. The van der Waals surface area contributed by atoms with E-state index < -0.39 is 8.80 Å². The van der Waals surface area contributed by atoms with E-state index >= 15 is 0 Å². The Balaban J connectivity index is 1.82. The molecular weight excluding hydrogens is 272 g/mol. The molecule has 1 saturated carbocycles. The molecule has 2 rings (SSSR count). The molecule has 1 heterocycles. The van der Waals surface area contributed by atoms with Gasteiger partial charge in [-0.15, -0.1) is 0 Å². The lowest BCUT2D eigenvalue weighted by Crippen LogP contribution is -2.45. The first-order valence-electron chi connectivity index (χ1n) is 6.54. The van der Waals surface area contributed by atoms with Crippen LogP contribution in [-0.2, 0) is 33.1 Å². The molecule has 1 aliphatic carbocycles. The maximum absolute atomic E-state index is 5.53. The van der Waals surface area contributed by atoms with Crippen LogP contribution in [0.4, 0.5) is 0 Å². The number of ether oxygens (including phenoxy) is 1. The highest BCUT2D eigenvalue weighted by Crippen LogP contribution is 2.41. The number of rotatable bonds is 9. The highest BCUT2D eigenvalue weighted by atomic mass is 28.4. The number of hydrogen-bond acceptors (Lipinski definition) is 7. The van der Waals surface area contributed by atoms with Crippen LogP contribution in [0.1, 0.15) is 25.7 Å². The summed E-state index contributed by atoms with van der Waals surface area (Å²) in [5.74, 6) is 0.594. The summed E-state index contributed by atoms with van der Waals surface area (Å²) in [6.45, 7) is 0. The Morgan fingerprint density at radius 2 is 1.58 bits per heavy atom. The van der Waals surface area contributed by atoms with Gasteiger partial charge in [0.25, 0.3) is 0 Å². The third kappa shape index (κ3) is 4.20. The quantitative estimate of drug-likeness (QED) is 0.277. The van der Waals surface area contributed by atoms with Gasteiger partial charge in [0.2, 0.25) is 0 Å². The SMILES string of the molecule is COO[Si](CCC1CCC2OC2C1)(OOC)OOC. The van der Waals surface area contributed by atoms with E-state index in [1.165, 1.54) is 27.8 Å². The fraction of sp³-hybridized carbons (Fsp3) is 1.00. The molecule has 112 valence electrons. The molecule has 0 aromatic heterocycles. The second-order valence-electron chi connectivity index (χ2n) is 4.86. The van der Waals surface area contributed by atoms with Crippen LogP contribution in [0.2, 0.25) is 6.04 Å². The summed E-state index contributed by atoms with van der Waals surface area (Å²) < 4.78 is 21.0. The van der Waals surface area contributed by atoms with Gasteiger partial charge in [-0.25, -0.2) is 28.4 Å². The highest BCUT2D eigenvalue weighted by Gasteiger charge is 2.49. The van der Waals surface area contributed by atoms with Gasteiger partial charge in [0.05, 0.1) is 33.5 Å². The minimum Gasteiger partial charge on any atom is -0.370 e. The third-order valence-electron chi connectivity index (χ3n) is 3.60. The zero-order chi connectivity index (χ0) is 13.7. The summed E-state index contributed by atoms with van der Waals surface area (Å²) in [5, 5.41) is 0. The summed E-state index contributed by atoms with van der Waals surface area (Å²) in [5.41, 5.74) is 0. The molecule has 0 spiro atoms. The lowest BCUT2D eigenvalue weighted by atomic mass is 9.88. The van der Waals surface area contributed by atoms with Crippen molar-refractivity contribution >= 4 is 8.80 Å². The van der Waals surface area contributed by atoms with Crippen LogP contribution in [0.3, 0.4) is 0 Å². The van der Waals surface area contributed by atoms with Gasteiger partial charge in [0.15, 0.2) is 0 Å². The van der Waals surface area contributed by atoms with Crippen LogP contribution in [0.25, 0.3) is 0 Å². The average molecular weight is 294 g/mol. The van der Waals surface area contributed by atoms with E-state index in [2.05, 4.69) is 0 Å². The van der Waals surface area contributed by atoms with Crippen LogP contribution < -0.4 is 0 Å². The molecule has 0 aromatic rings. The fourth-order valence-corrected chi connectivity index (χ4v) is 4.53. The normalized spacial score (nSPS) is 30.2. The summed E-state index contributed by atoms with van der Waals surface area (Å²) in [4.78, 5) is 14.1. The molecule has 0 amide bonds. The van der Waals surface area contributed by atoms with Crippen molar-refractivity contribution in [2.45, 2.75) is 43.9 Å². The van der Waals surface area contributed by atoms with E-state index in [1.807, 2.05) is 0 Å².